The number of aromatic nitrogens is 4. The number of benzene rings is 1. The Labute approximate surface area is 204 Å². The zero-order chi connectivity index (χ0) is 25.4. The predicted molar refractivity (Wildman–Crippen MR) is 135 cm³/mol. The van der Waals surface area contributed by atoms with Crippen LogP contribution in [0.5, 0.6) is 0 Å². The van der Waals surface area contributed by atoms with E-state index in [1.54, 1.807) is 7.11 Å². The molecule has 0 unspecified atom stereocenters. The van der Waals surface area contributed by atoms with Crippen LogP contribution in [0.25, 0.3) is 11.2 Å². The molecule has 0 aliphatic carbocycles. The number of rotatable bonds is 13. The van der Waals surface area contributed by atoms with Gasteiger partial charge in [-0.1, -0.05) is 44.2 Å². The second-order valence-electron chi connectivity index (χ2n) is 9.23. The van der Waals surface area contributed by atoms with Crippen molar-refractivity contribution in [3.63, 3.8) is 0 Å². The van der Waals surface area contributed by atoms with E-state index in [-0.39, 0.29) is 12.5 Å². The first-order valence-electron chi connectivity index (χ1n) is 12.0. The lowest BCUT2D eigenvalue weighted by molar-refractivity contribution is -0.122. The number of aryl methyl sites for hydroxylation is 1. The molecule has 0 atom stereocenters. The average molecular weight is 485 g/mol. The molecule has 0 aliphatic rings. The molecule has 0 spiro atoms. The number of ether oxygens (including phenoxy) is 1. The maximum absolute atomic E-state index is 12.9. The van der Waals surface area contributed by atoms with E-state index in [9.17, 15) is 14.4 Å². The third-order valence-electron chi connectivity index (χ3n) is 5.75. The molecule has 2 aromatic heterocycles. The second kappa shape index (κ2) is 12.5. The number of likely N-dealkylation sites (N-methyl/N-ethyl adjacent to an activating group) is 1. The smallest absolute Gasteiger partial charge is 0.330 e. The molecule has 2 heterocycles. The fourth-order valence-electron chi connectivity index (χ4n) is 3.92. The standard InChI is InChI=1S/C25H36N6O4/c1-18(2)11-13-30-20(16-29(3)17-21(32)26-12-8-14-35-4)27-23-22(30)24(33)28-25(34)31(23)15-19-9-6-5-7-10-19/h5-7,9-10,18H,8,11-17H2,1-4H3,(H,26,32)(H,28,33,34). The molecule has 1 amide bonds. The summed E-state index contributed by atoms with van der Waals surface area (Å²) in [7, 11) is 3.47. The first-order valence-corrected chi connectivity index (χ1v) is 12.0. The number of nitrogens with zero attached hydrogens (tertiary/aromatic N) is 4. The van der Waals surface area contributed by atoms with Crippen LogP contribution in [-0.2, 0) is 29.2 Å². The molecule has 10 heteroatoms. The minimum atomic E-state index is -0.491. The molecule has 35 heavy (non-hydrogen) atoms. The van der Waals surface area contributed by atoms with Gasteiger partial charge in [-0.05, 0) is 31.4 Å². The third-order valence-corrected chi connectivity index (χ3v) is 5.75. The summed E-state index contributed by atoms with van der Waals surface area (Å²) in [6.45, 7) is 6.82. The van der Waals surface area contributed by atoms with E-state index in [1.807, 2.05) is 46.8 Å². The summed E-state index contributed by atoms with van der Waals surface area (Å²) in [5, 5.41) is 2.88. The second-order valence-corrected chi connectivity index (χ2v) is 9.23. The van der Waals surface area contributed by atoms with Gasteiger partial charge in [0.25, 0.3) is 5.56 Å². The normalized spacial score (nSPS) is 11.6. The van der Waals surface area contributed by atoms with Crippen LogP contribution in [0, 0.1) is 5.92 Å². The number of hydrogen-bond acceptors (Lipinski definition) is 6. The molecule has 0 aliphatic heterocycles. The summed E-state index contributed by atoms with van der Waals surface area (Å²) in [4.78, 5) is 47.0. The summed E-state index contributed by atoms with van der Waals surface area (Å²) in [5.41, 5.74) is 0.737. The molecule has 3 aromatic rings. The summed E-state index contributed by atoms with van der Waals surface area (Å²) >= 11 is 0. The molecule has 3 rings (SSSR count). The van der Waals surface area contributed by atoms with Gasteiger partial charge in [0.1, 0.15) is 5.82 Å². The Kier molecular flexibility index (Phi) is 9.39. The van der Waals surface area contributed by atoms with E-state index in [0.717, 1.165) is 18.4 Å². The Hall–Kier alpha value is -3.24. The summed E-state index contributed by atoms with van der Waals surface area (Å²) < 4.78 is 8.40. The molecule has 1 aromatic carbocycles. The maximum atomic E-state index is 12.9. The van der Waals surface area contributed by atoms with Gasteiger partial charge in [0.05, 0.1) is 19.6 Å². The Balaban J connectivity index is 1.92. The molecule has 0 fully saturated rings. The van der Waals surface area contributed by atoms with Crippen LogP contribution in [0.2, 0.25) is 0 Å². The number of carbonyl (C=O) groups excluding carboxylic acids is 1. The van der Waals surface area contributed by atoms with Crippen molar-refractivity contribution in [1.29, 1.82) is 0 Å². The highest BCUT2D eigenvalue weighted by atomic mass is 16.5. The lowest BCUT2D eigenvalue weighted by Crippen LogP contribution is -2.36. The number of carbonyl (C=O) groups is 1. The average Bonchev–Trinajstić information content (AvgIpc) is 3.17. The van der Waals surface area contributed by atoms with E-state index >= 15 is 0 Å². The van der Waals surface area contributed by atoms with Gasteiger partial charge in [0.2, 0.25) is 5.91 Å². The van der Waals surface area contributed by atoms with Crippen LogP contribution in [0.1, 0.15) is 38.1 Å². The fraction of sp³-hybridized carbons (Fsp3) is 0.520. The van der Waals surface area contributed by atoms with E-state index in [0.29, 0.717) is 55.7 Å². The number of imidazole rings is 1. The number of hydrogen-bond donors (Lipinski definition) is 2. The van der Waals surface area contributed by atoms with Crippen molar-refractivity contribution in [3.8, 4) is 0 Å². The number of aromatic amines is 1. The highest BCUT2D eigenvalue weighted by Gasteiger charge is 2.20. The predicted octanol–water partition coefficient (Wildman–Crippen LogP) is 1.57. The molecule has 0 saturated carbocycles. The Bertz CT molecular complexity index is 1230. The Morgan fingerprint density at radius 2 is 1.94 bits per heavy atom. The molecule has 0 bridgehead atoms. The number of fused-ring (bicyclic) bond motifs is 1. The molecule has 10 nitrogen and oxygen atoms in total. The summed E-state index contributed by atoms with van der Waals surface area (Å²) in [6.07, 6.45) is 1.60. The molecular formula is C25H36N6O4. The molecule has 0 saturated heterocycles. The van der Waals surface area contributed by atoms with Gasteiger partial charge < -0.3 is 14.6 Å². The SMILES string of the molecule is COCCCNC(=O)CN(C)Cc1nc2c(c(=O)[nH]c(=O)n2Cc2ccccc2)n1CCC(C)C. The minimum Gasteiger partial charge on any atom is -0.385 e. The summed E-state index contributed by atoms with van der Waals surface area (Å²) in [6, 6.07) is 9.59. The molecular weight excluding hydrogens is 448 g/mol. The third kappa shape index (κ3) is 7.12. The fourth-order valence-corrected chi connectivity index (χ4v) is 3.92. The summed E-state index contributed by atoms with van der Waals surface area (Å²) in [5.74, 6) is 0.978. The quantitative estimate of drug-likeness (QED) is 0.356. The molecule has 2 N–H and O–H groups in total. The Morgan fingerprint density at radius 3 is 2.63 bits per heavy atom. The van der Waals surface area contributed by atoms with E-state index in [4.69, 9.17) is 9.72 Å². The lowest BCUT2D eigenvalue weighted by atomic mass is 10.1. The van der Waals surface area contributed by atoms with Crippen molar-refractivity contribution in [2.24, 2.45) is 5.92 Å². The van der Waals surface area contributed by atoms with Gasteiger partial charge in [-0.2, -0.15) is 0 Å². The molecule has 190 valence electrons. The van der Waals surface area contributed by atoms with Gasteiger partial charge in [-0.25, -0.2) is 9.78 Å². The van der Waals surface area contributed by atoms with E-state index in [1.165, 1.54) is 4.57 Å². The highest BCUT2D eigenvalue weighted by Crippen LogP contribution is 2.16. The van der Waals surface area contributed by atoms with Gasteiger partial charge in [-0.3, -0.25) is 24.0 Å². The monoisotopic (exact) mass is 484 g/mol. The lowest BCUT2D eigenvalue weighted by Gasteiger charge is -2.17. The van der Waals surface area contributed by atoms with Gasteiger partial charge >= 0.3 is 5.69 Å². The van der Waals surface area contributed by atoms with Crippen molar-refractivity contribution in [3.05, 3.63) is 62.6 Å². The van der Waals surface area contributed by atoms with Crippen LogP contribution >= 0.6 is 0 Å². The zero-order valence-corrected chi connectivity index (χ0v) is 21.0. The van der Waals surface area contributed by atoms with Crippen LogP contribution in [-0.4, -0.2) is 63.8 Å². The maximum Gasteiger partial charge on any atom is 0.330 e. The van der Waals surface area contributed by atoms with E-state index in [2.05, 4.69) is 24.1 Å². The van der Waals surface area contributed by atoms with Crippen LogP contribution < -0.4 is 16.6 Å². The van der Waals surface area contributed by atoms with Gasteiger partial charge in [0.15, 0.2) is 11.2 Å². The van der Waals surface area contributed by atoms with E-state index < -0.39 is 11.2 Å². The van der Waals surface area contributed by atoms with Gasteiger partial charge in [0, 0.05) is 26.8 Å². The largest absolute Gasteiger partial charge is 0.385 e. The van der Waals surface area contributed by atoms with Crippen LogP contribution in [0.15, 0.2) is 39.9 Å². The van der Waals surface area contributed by atoms with Gasteiger partial charge in [-0.15, -0.1) is 0 Å². The Morgan fingerprint density at radius 1 is 1.20 bits per heavy atom. The molecule has 0 radical (unpaired) electrons. The van der Waals surface area contributed by atoms with Crippen molar-refractivity contribution in [2.75, 3.05) is 33.9 Å². The van der Waals surface area contributed by atoms with Crippen LogP contribution in [0.4, 0.5) is 0 Å². The minimum absolute atomic E-state index is 0.0905. The first-order chi connectivity index (χ1) is 16.8. The first kappa shape index (κ1) is 26.4. The van der Waals surface area contributed by atoms with Crippen LogP contribution in [0.3, 0.4) is 0 Å². The van der Waals surface area contributed by atoms with Crippen molar-refractivity contribution in [1.82, 2.24) is 29.3 Å². The zero-order valence-electron chi connectivity index (χ0n) is 21.0. The number of methoxy groups -OCH3 is 1. The number of H-pyrrole nitrogens is 1. The van der Waals surface area contributed by atoms with Crippen molar-refractivity contribution < 1.29 is 9.53 Å². The van der Waals surface area contributed by atoms with Crippen molar-refractivity contribution >= 4 is 17.1 Å². The topological polar surface area (TPSA) is 114 Å². The number of amides is 1. The number of nitrogens with one attached hydrogen (secondary N) is 2. The highest BCUT2D eigenvalue weighted by molar-refractivity contribution is 5.78. The van der Waals surface area contributed by atoms with Crippen molar-refractivity contribution in [2.45, 2.75) is 46.3 Å².